The van der Waals surface area contributed by atoms with Crippen LogP contribution in [0.1, 0.15) is 55.2 Å². The topological polar surface area (TPSA) is 67.2 Å². The lowest BCUT2D eigenvalue weighted by atomic mass is 9.80. The Morgan fingerprint density at radius 2 is 2.28 bits per heavy atom. The molecular formula is C13H21N3O2. The van der Waals surface area contributed by atoms with Gasteiger partial charge in [-0.1, -0.05) is 13.8 Å². The molecular weight excluding hydrogens is 230 g/mol. The molecule has 5 heteroatoms. The molecule has 1 aromatic rings. The van der Waals surface area contributed by atoms with E-state index in [0.29, 0.717) is 18.2 Å². The predicted octanol–water partition coefficient (Wildman–Crippen LogP) is 1.19. The summed E-state index contributed by atoms with van der Waals surface area (Å²) >= 11 is 0. The van der Waals surface area contributed by atoms with E-state index in [2.05, 4.69) is 10.4 Å². The van der Waals surface area contributed by atoms with Crippen LogP contribution < -0.4 is 5.32 Å². The van der Waals surface area contributed by atoms with Crippen LogP contribution in [-0.4, -0.2) is 32.9 Å². The summed E-state index contributed by atoms with van der Waals surface area (Å²) in [6, 6.07) is 1.81. The summed E-state index contributed by atoms with van der Waals surface area (Å²) in [5.41, 5.74) is 0.765. The third kappa shape index (κ3) is 2.56. The van der Waals surface area contributed by atoms with Crippen LogP contribution in [0, 0.1) is 0 Å². The Bertz CT molecular complexity index is 447. The van der Waals surface area contributed by atoms with E-state index in [9.17, 15) is 9.90 Å². The maximum atomic E-state index is 12.0. The second kappa shape index (κ2) is 4.72. The summed E-state index contributed by atoms with van der Waals surface area (Å²) in [7, 11) is 1.76. The van der Waals surface area contributed by atoms with E-state index in [1.807, 2.05) is 19.9 Å². The fourth-order valence-electron chi connectivity index (χ4n) is 2.08. The quantitative estimate of drug-likeness (QED) is 0.844. The molecule has 0 bridgehead atoms. The van der Waals surface area contributed by atoms with Gasteiger partial charge in [0.25, 0.3) is 5.91 Å². The normalized spacial score (nSPS) is 17.6. The second-order valence-electron chi connectivity index (χ2n) is 5.49. The molecule has 18 heavy (non-hydrogen) atoms. The van der Waals surface area contributed by atoms with Crippen molar-refractivity contribution >= 4 is 5.91 Å². The van der Waals surface area contributed by atoms with Crippen LogP contribution in [0.25, 0.3) is 0 Å². The van der Waals surface area contributed by atoms with Gasteiger partial charge in [-0.15, -0.1) is 0 Å². The van der Waals surface area contributed by atoms with E-state index >= 15 is 0 Å². The van der Waals surface area contributed by atoms with Crippen molar-refractivity contribution in [1.29, 1.82) is 0 Å². The first-order valence-electron chi connectivity index (χ1n) is 6.46. The summed E-state index contributed by atoms with van der Waals surface area (Å²) in [4.78, 5) is 12.0. The molecule has 1 amide bonds. The number of hydrogen-bond acceptors (Lipinski definition) is 3. The third-order valence-electron chi connectivity index (χ3n) is 3.59. The van der Waals surface area contributed by atoms with Crippen molar-refractivity contribution in [3.8, 4) is 0 Å². The monoisotopic (exact) mass is 251 g/mol. The molecule has 1 saturated carbocycles. The number of aliphatic hydroxyl groups is 1. The van der Waals surface area contributed by atoms with Crippen molar-refractivity contribution in [2.75, 3.05) is 6.54 Å². The summed E-state index contributed by atoms with van der Waals surface area (Å²) in [5, 5.41) is 17.0. The van der Waals surface area contributed by atoms with Gasteiger partial charge in [0.15, 0.2) is 0 Å². The van der Waals surface area contributed by atoms with Crippen molar-refractivity contribution < 1.29 is 9.90 Å². The fraction of sp³-hybridized carbons (Fsp3) is 0.692. The summed E-state index contributed by atoms with van der Waals surface area (Å²) in [5.74, 6) is 0.130. The van der Waals surface area contributed by atoms with Crippen LogP contribution in [0.3, 0.4) is 0 Å². The zero-order valence-electron chi connectivity index (χ0n) is 11.2. The zero-order chi connectivity index (χ0) is 13.3. The van der Waals surface area contributed by atoms with Crippen LogP contribution in [0.4, 0.5) is 0 Å². The minimum atomic E-state index is -0.685. The maximum Gasteiger partial charge on any atom is 0.269 e. The number of nitrogens with one attached hydrogen (secondary N) is 1. The minimum absolute atomic E-state index is 0.169. The SMILES string of the molecule is CC(C)c1cc(C(=O)NCC2(O)CCC2)n(C)n1. The first-order valence-corrected chi connectivity index (χ1v) is 6.46. The smallest absolute Gasteiger partial charge is 0.269 e. The lowest BCUT2D eigenvalue weighted by Crippen LogP contribution is -2.48. The van der Waals surface area contributed by atoms with Crippen LogP contribution in [0.15, 0.2) is 6.07 Å². The molecule has 1 fully saturated rings. The zero-order valence-corrected chi connectivity index (χ0v) is 11.2. The van der Waals surface area contributed by atoms with Gasteiger partial charge in [0, 0.05) is 13.6 Å². The van der Waals surface area contributed by atoms with Gasteiger partial charge in [-0.3, -0.25) is 9.48 Å². The lowest BCUT2D eigenvalue weighted by Gasteiger charge is -2.36. The highest BCUT2D eigenvalue weighted by Gasteiger charge is 2.34. The first-order chi connectivity index (χ1) is 8.41. The fourth-order valence-corrected chi connectivity index (χ4v) is 2.08. The molecule has 2 N–H and O–H groups in total. The van der Waals surface area contributed by atoms with Crippen molar-refractivity contribution in [2.24, 2.45) is 7.05 Å². The first kappa shape index (κ1) is 13.1. The van der Waals surface area contributed by atoms with Crippen molar-refractivity contribution in [1.82, 2.24) is 15.1 Å². The number of hydrogen-bond donors (Lipinski definition) is 2. The number of aryl methyl sites for hydroxylation is 1. The highest BCUT2D eigenvalue weighted by molar-refractivity contribution is 5.92. The van der Waals surface area contributed by atoms with E-state index in [-0.39, 0.29) is 5.91 Å². The van der Waals surface area contributed by atoms with Gasteiger partial charge in [-0.25, -0.2) is 0 Å². The molecule has 0 aromatic carbocycles. The Morgan fingerprint density at radius 3 is 2.72 bits per heavy atom. The molecule has 2 rings (SSSR count). The van der Waals surface area contributed by atoms with Crippen molar-refractivity contribution in [3.05, 3.63) is 17.5 Å². The Kier molecular flexibility index (Phi) is 3.43. The van der Waals surface area contributed by atoms with Gasteiger partial charge in [-0.2, -0.15) is 5.10 Å². The second-order valence-corrected chi connectivity index (χ2v) is 5.49. The number of carbonyl (C=O) groups excluding carboxylic acids is 1. The molecule has 0 aliphatic heterocycles. The maximum absolute atomic E-state index is 12.0. The molecule has 0 unspecified atom stereocenters. The number of aromatic nitrogens is 2. The molecule has 0 saturated heterocycles. The minimum Gasteiger partial charge on any atom is -0.388 e. The van der Waals surface area contributed by atoms with Crippen LogP contribution in [0.5, 0.6) is 0 Å². The summed E-state index contributed by atoms with van der Waals surface area (Å²) < 4.78 is 1.59. The van der Waals surface area contributed by atoms with Crippen molar-refractivity contribution in [2.45, 2.75) is 44.6 Å². The molecule has 1 heterocycles. The highest BCUT2D eigenvalue weighted by Crippen LogP contribution is 2.30. The van der Waals surface area contributed by atoms with E-state index in [1.165, 1.54) is 0 Å². The average Bonchev–Trinajstić information content (AvgIpc) is 2.66. The summed E-state index contributed by atoms with van der Waals surface area (Å²) in [6.07, 6.45) is 2.58. The molecule has 0 atom stereocenters. The molecule has 100 valence electrons. The van der Waals surface area contributed by atoms with E-state index in [0.717, 1.165) is 25.0 Å². The Labute approximate surface area is 107 Å². The number of nitrogens with zero attached hydrogens (tertiary/aromatic N) is 2. The van der Waals surface area contributed by atoms with Gasteiger partial charge < -0.3 is 10.4 Å². The number of amides is 1. The highest BCUT2D eigenvalue weighted by atomic mass is 16.3. The van der Waals surface area contributed by atoms with E-state index < -0.39 is 5.60 Å². The molecule has 0 radical (unpaired) electrons. The molecule has 0 spiro atoms. The number of rotatable bonds is 4. The van der Waals surface area contributed by atoms with Gasteiger partial charge in [0.05, 0.1) is 11.3 Å². The molecule has 1 aromatic heterocycles. The Balaban J connectivity index is 2.00. The lowest BCUT2D eigenvalue weighted by molar-refractivity contribution is -0.0301. The van der Waals surface area contributed by atoms with Gasteiger partial charge in [0.2, 0.25) is 0 Å². The van der Waals surface area contributed by atoms with E-state index in [1.54, 1.807) is 11.7 Å². The van der Waals surface area contributed by atoms with Gasteiger partial charge in [-0.05, 0) is 31.2 Å². The Morgan fingerprint density at radius 1 is 1.61 bits per heavy atom. The molecule has 1 aliphatic rings. The Hall–Kier alpha value is -1.36. The van der Waals surface area contributed by atoms with Crippen LogP contribution in [0.2, 0.25) is 0 Å². The van der Waals surface area contributed by atoms with E-state index in [4.69, 9.17) is 0 Å². The standard InChI is InChI=1S/C13H21N3O2/c1-9(2)10-7-11(16(3)15-10)12(17)14-8-13(18)5-4-6-13/h7,9,18H,4-6,8H2,1-3H3,(H,14,17). The van der Waals surface area contributed by atoms with Crippen molar-refractivity contribution in [3.63, 3.8) is 0 Å². The van der Waals surface area contributed by atoms with Gasteiger partial charge >= 0.3 is 0 Å². The van der Waals surface area contributed by atoms with Gasteiger partial charge in [0.1, 0.15) is 5.69 Å². The van der Waals surface area contributed by atoms with Crippen LogP contribution >= 0.6 is 0 Å². The third-order valence-corrected chi connectivity index (χ3v) is 3.59. The predicted molar refractivity (Wildman–Crippen MR) is 68.4 cm³/mol. The summed E-state index contributed by atoms with van der Waals surface area (Å²) in [6.45, 7) is 4.41. The largest absolute Gasteiger partial charge is 0.388 e. The average molecular weight is 251 g/mol. The van der Waals surface area contributed by atoms with Crippen LogP contribution in [-0.2, 0) is 7.05 Å². The number of carbonyl (C=O) groups is 1. The molecule has 5 nitrogen and oxygen atoms in total. The molecule has 1 aliphatic carbocycles.